The van der Waals surface area contributed by atoms with Crippen molar-refractivity contribution in [1.82, 2.24) is 19.7 Å². The molecule has 0 saturated carbocycles. The van der Waals surface area contributed by atoms with E-state index in [1.807, 2.05) is 52.8 Å². The molecular formula is C19H25ClN4O2. The number of carbonyl (C=O) groups is 1. The molecule has 140 valence electrons. The van der Waals surface area contributed by atoms with Crippen LogP contribution in [0.1, 0.15) is 50.3 Å². The molecule has 2 heterocycles. The van der Waals surface area contributed by atoms with E-state index in [9.17, 15) is 4.79 Å². The Hall–Kier alpha value is -2.08. The normalized spacial score (nSPS) is 17.6. The lowest BCUT2D eigenvalue weighted by Crippen LogP contribution is -2.35. The summed E-state index contributed by atoms with van der Waals surface area (Å²) in [7, 11) is 0. The summed E-state index contributed by atoms with van der Waals surface area (Å²) in [6, 6.07) is 5.79. The van der Waals surface area contributed by atoms with Crippen LogP contribution in [0.4, 0.5) is 4.79 Å². The van der Waals surface area contributed by atoms with Crippen LogP contribution in [-0.2, 0) is 4.74 Å². The Morgan fingerprint density at radius 2 is 2.00 bits per heavy atom. The Bertz CT molecular complexity index is 825. The van der Waals surface area contributed by atoms with Crippen molar-refractivity contribution in [3.05, 3.63) is 40.4 Å². The molecule has 3 rings (SSSR count). The summed E-state index contributed by atoms with van der Waals surface area (Å²) in [6.45, 7) is 10.8. The highest BCUT2D eigenvalue weighted by Crippen LogP contribution is 2.30. The van der Waals surface area contributed by atoms with Crippen LogP contribution in [0, 0.1) is 13.8 Å². The molecule has 7 heteroatoms. The third-order valence-electron chi connectivity index (χ3n) is 4.45. The number of halogens is 1. The minimum atomic E-state index is -0.494. The van der Waals surface area contributed by atoms with Crippen molar-refractivity contribution < 1.29 is 9.53 Å². The molecule has 1 aliphatic heterocycles. The van der Waals surface area contributed by atoms with Gasteiger partial charge in [-0.1, -0.05) is 11.6 Å². The summed E-state index contributed by atoms with van der Waals surface area (Å²) in [5.74, 6) is 1.82. The van der Waals surface area contributed by atoms with E-state index in [4.69, 9.17) is 16.3 Å². The van der Waals surface area contributed by atoms with Gasteiger partial charge in [-0.3, -0.25) is 4.57 Å². The van der Waals surface area contributed by atoms with Crippen LogP contribution < -0.4 is 0 Å². The molecule has 0 bridgehead atoms. The lowest BCUT2D eigenvalue weighted by atomic mass is 10.1. The van der Waals surface area contributed by atoms with E-state index >= 15 is 0 Å². The Morgan fingerprint density at radius 3 is 2.65 bits per heavy atom. The first kappa shape index (κ1) is 18.7. The summed E-state index contributed by atoms with van der Waals surface area (Å²) in [6.07, 6.45) is 0.565. The SMILES string of the molecule is Cc1cc(Cl)ccc1-n1c(C)nnc1C1CCN(C(=O)OC(C)(C)C)C1. The maximum atomic E-state index is 12.3. The van der Waals surface area contributed by atoms with Gasteiger partial charge in [0.15, 0.2) is 0 Å². The minimum Gasteiger partial charge on any atom is -0.444 e. The second-order valence-electron chi connectivity index (χ2n) is 7.78. The summed E-state index contributed by atoms with van der Waals surface area (Å²) in [4.78, 5) is 14.1. The molecule has 0 aliphatic carbocycles. The van der Waals surface area contributed by atoms with Gasteiger partial charge in [0, 0.05) is 24.0 Å². The molecule has 2 aromatic rings. The van der Waals surface area contributed by atoms with Gasteiger partial charge in [-0.15, -0.1) is 10.2 Å². The zero-order chi connectivity index (χ0) is 19.1. The molecule has 0 N–H and O–H groups in total. The maximum absolute atomic E-state index is 12.3. The molecular weight excluding hydrogens is 352 g/mol. The summed E-state index contributed by atoms with van der Waals surface area (Å²) >= 11 is 6.09. The summed E-state index contributed by atoms with van der Waals surface area (Å²) in [5, 5.41) is 9.39. The van der Waals surface area contributed by atoms with Gasteiger partial charge < -0.3 is 9.64 Å². The van der Waals surface area contributed by atoms with Gasteiger partial charge in [0.05, 0.1) is 5.69 Å². The van der Waals surface area contributed by atoms with Gasteiger partial charge in [-0.05, 0) is 64.8 Å². The first-order valence-electron chi connectivity index (χ1n) is 8.82. The van der Waals surface area contributed by atoms with E-state index in [2.05, 4.69) is 14.8 Å². The molecule has 1 aromatic carbocycles. The number of aryl methyl sites for hydroxylation is 2. The minimum absolute atomic E-state index is 0.124. The van der Waals surface area contributed by atoms with Crippen LogP contribution in [0.2, 0.25) is 5.02 Å². The van der Waals surface area contributed by atoms with Crippen LogP contribution in [0.15, 0.2) is 18.2 Å². The number of ether oxygens (including phenoxy) is 1. The number of hydrogen-bond donors (Lipinski definition) is 0. The second-order valence-corrected chi connectivity index (χ2v) is 8.22. The number of nitrogens with zero attached hydrogens (tertiary/aromatic N) is 4. The van der Waals surface area contributed by atoms with Gasteiger partial charge in [0.25, 0.3) is 0 Å². The average Bonchev–Trinajstić information content (AvgIpc) is 3.13. The van der Waals surface area contributed by atoms with E-state index in [-0.39, 0.29) is 12.0 Å². The Balaban J connectivity index is 1.85. The van der Waals surface area contributed by atoms with Crippen molar-refractivity contribution in [2.45, 2.75) is 52.6 Å². The van der Waals surface area contributed by atoms with Crippen LogP contribution in [-0.4, -0.2) is 44.4 Å². The molecule has 1 amide bonds. The van der Waals surface area contributed by atoms with Crippen molar-refractivity contribution in [2.24, 2.45) is 0 Å². The lowest BCUT2D eigenvalue weighted by molar-refractivity contribution is 0.0292. The standard InChI is InChI=1S/C19H25ClN4O2/c1-12-10-15(20)6-7-16(12)24-13(2)21-22-17(24)14-8-9-23(11-14)18(25)26-19(3,4)5/h6-7,10,14H,8-9,11H2,1-5H3. The number of carbonyl (C=O) groups excluding carboxylic acids is 1. The molecule has 1 unspecified atom stereocenters. The van der Waals surface area contributed by atoms with Crippen molar-refractivity contribution in [3.8, 4) is 5.69 Å². The van der Waals surface area contributed by atoms with Gasteiger partial charge in [-0.2, -0.15) is 0 Å². The maximum Gasteiger partial charge on any atom is 0.410 e. The molecule has 6 nitrogen and oxygen atoms in total. The molecule has 1 atom stereocenters. The van der Waals surface area contributed by atoms with E-state index in [1.54, 1.807) is 4.90 Å². The van der Waals surface area contributed by atoms with E-state index < -0.39 is 5.60 Å². The molecule has 1 aromatic heterocycles. The van der Waals surface area contributed by atoms with Crippen LogP contribution in [0.25, 0.3) is 5.69 Å². The smallest absolute Gasteiger partial charge is 0.410 e. The average molecular weight is 377 g/mol. The van der Waals surface area contributed by atoms with Crippen LogP contribution in [0.3, 0.4) is 0 Å². The van der Waals surface area contributed by atoms with Crippen molar-refractivity contribution >= 4 is 17.7 Å². The van der Waals surface area contributed by atoms with Gasteiger partial charge in [-0.25, -0.2) is 4.79 Å². The predicted molar refractivity (Wildman–Crippen MR) is 101 cm³/mol. The zero-order valence-corrected chi connectivity index (χ0v) is 16.7. The number of aromatic nitrogens is 3. The number of likely N-dealkylation sites (tertiary alicyclic amines) is 1. The van der Waals surface area contributed by atoms with E-state index in [0.29, 0.717) is 18.1 Å². The van der Waals surface area contributed by atoms with Gasteiger partial charge in [0.1, 0.15) is 17.2 Å². The fourth-order valence-electron chi connectivity index (χ4n) is 3.27. The Labute approximate surface area is 159 Å². The van der Waals surface area contributed by atoms with Crippen LogP contribution >= 0.6 is 11.6 Å². The highest BCUT2D eigenvalue weighted by atomic mass is 35.5. The molecule has 0 spiro atoms. The summed E-state index contributed by atoms with van der Waals surface area (Å²) < 4.78 is 7.55. The van der Waals surface area contributed by atoms with E-state index in [0.717, 1.165) is 29.3 Å². The fraction of sp³-hybridized carbons (Fsp3) is 0.526. The third kappa shape index (κ3) is 3.85. The Kier molecular flexibility index (Phi) is 4.97. The topological polar surface area (TPSA) is 60.2 Å². The van der Waals surface area contributed by atoms with Gasteiger partial charge in [0.2, 0.25) is 0 Å². The monoisotopic (exact) mass is 376 g/mol. The molecule has 1 fully saturated rings. The lowest BCUT2D eigenvalue weighted by Gasteiger charge is -2.24. The first-order chi connectivity index (χ1) is 12.2. The Morgan fingerprint density at radius 1 is 1.27 bits per heavy atom. The third-order valence-corrected chi connectivity index (χ3v) is 4.69. The number of benzene rings is 1. The largest absolute Gasteiger partial charge is 0.444 e. The van der Waals surface area contributed by atoms with Gasteiger partial charge >= 0.3 is 6.09 Å². The highest BCUT2D eigenvalue weighted by molar-refractivity contribution is 6.30. The quantitative estimate of drug-likeness (QED) is 0.785. The number of amides is 1. The summed E-state index contributed by atoms with van der Waals surface area (Å²) in [5.41, 5.74) is 1.58. The highest BCUT2D eigenvalue weighted by Gasteiger charge is 2.33. The number of hydrogen-bond acceptors (Lipinski definition) is 4. The fourth-order valence-corrected chi connectivity index (χ4v) is 3.50. The molecule has 26 heavy (non-hydrogen) atoms. The number of rotatable bonds is 2. The first-order valence-corrected chi connectivity index (χ1v) is 9.20. The molecule has 1 aliphatic rings. The predicted octanol–water partition coefficient (Wildman–Crippen LogP) is 4.26. The zero-order valence-electron chi connectivity index (χ0n) is 15.9. The molecule has 0 radical (unpaired) electrons. The van der Waals surface area contributed by atoms with E-state index in [1.165, 1.54) is 0 Å². The van der Waals surface area contributed by atoms with Crippen LogP contribution in [0.5, 0.6) is 0 Å². The second kappa shape index (κ2) is 6.91. The van der Waals surface area contributed by atoms with Crippen molar-refractivity contribution in [3.63, 3.8) is 0 Å². The van der Waals surface area contributed by atoms with Crippen molar-refractivity contribution in [2.75, 3.05) is 13.1 Å². The molecule has 1 saturated heterocycles. The van der Waals surface area contributed by atoms with Crippen molar-refractivity contribution in [1.29, 1.82) is 0 Å².